The maximum atomic E-state index is 11.8. The zero-order valence-electron chi connectivity index (χ0n) is 10.4. The van der Waals surface area contributed by atoms with Crippen molar-refractivity contribution in [3.8, 4) is 0 Å². The van der Waals surface area contributed by atoms with Crippen LogP contribution in [0.3, 0.4) is 0 Å². The van der Waals surface area contributed by atoms with Crippen molar-refractivity contribution in [1.29, 1.82) is 0 Å². The van der Waals surface area contributed by atoms with Gasteiger partial charge in [0.1, 0.15) is 5.69 Å². The van der Waals surface area contributed by atoms with Crippen LogP contribution in [0.2, 0.25) is 0 Å². The van der Waals surface area contributed by atoms with Crippen molar-refractivity contribution in [2.75, 3.05) is 5.32 Å². The molecule has 1 aromatic heterocycles. The summed E-state index contributed by atoms with van der Waals surface area (Å²) < 4.78 is 22.2. The fourth-order valence-electron chi connectivity index (χ4n) is 1.55. The average molecular weight is 310 g/mol. The molecule has 0 saturated carbocycles. The number of anilines is 1. The number of sulfonamides is 1. The van der Waals surface area contributed by atoms with Gasteiger partial charge in [0.2, 0.25) is 10.0 Å². The number of aromatic amines is 1. The van der Waals surface area contributed by atoms with Gasteiger partial charge in [-0.25, -0.2) is 13.6 Å². The van der Waals surface area contributed by atoms with Gasteiger partial charge in [-0.1, -0.05) is 0 Å². The van der Waals surface area contributed by atoms with Crippen LogP contribution in [0.15, 0.2) is 41.4 Å². The highest BCUT2D eigenvalue weighted by molar-refractivity contribution is 7.89. The molecule has 1 heterocycles. The smallest absolute Gasteiger partial charge is 0.287 e. The Kier molecular flexibility index (Phi) is 3.74. The monoisotopic (exact) mass is 310 g/mol. The average Bonchev–Trinajstić information content (AvgIpc) is 2.88. The molecule has 1 aromatic carbocycles. The molecule has 0 atom stereocenters. The predicted molar refractivity (Wildman–Crippen MR) is 73.2 cm³/mol. The first-order valence-electron chi connectivity index (χ1n) is 5.54. The molecule has 0 bridgehead atoms. The van der Waals surface area contributed by atoms with E-state index in [0.29, 0.717) is 5.69 Å². The number of rotatable bonds is 4. The van der Waals surface area contributed by atoms with Gasteiger partial charge in [0.05, 0.1) is 16.0 Å². The Balaban J connectivity index is 2.14. The summed E-state index contributed by atoms with van der Waals surface area (Å²) in [5.74, 6) is -0.591. The summed E-state index contributed by atoms with van der Waals surface area (Å²) >= 11 is 0. The zero-order chi connectivity index (χ0) is 15.6. The third-order valence-corrected chi connectivity index (χ3v) is 3.49. The van der Waals surface area contributed by atoms with E-state index < -0.39 is 20.9 Å². The first-order chi connectivity index (χ1) is 9.77. The van der Waals surface area contributed by atoms with Gasteiger partial charge in [0.25, 0.3) is 11.6 Å². The first-order valence-corrected chi connectivity index (χ1v) is 7.09. The summed E-state index contributed by atoms with van der Waals surface area (Å²) in [5, 5.41) is 17.9. The molecule has 10 heteroatoms. The number of nitrogens with zero attached hydrogens (tertiary/aromatic N) is 1. The predicted octanol–water partition coefficient (Wildman–Crippen LogP) is 0.823. The van der Waals surface area contributed by atoms with Gasteiger partial charge in [-0.3, -0.25) is 14.9 Å². The highest BCUT2D eigenvalue weighted by Crippen LogP contribution is 2.16. The Labute approximate surface area is 119 Å². The van der Waals surface area contributed by atoms with E-state index in [1.165, 1.54) is 24.3 Å². The van der Waals surface area contributed by atoms with Gasteiger partial charge in [-0.15, -0.1) is 0 Å². The van der Waals surface area contributed by atoms with Crippen LogP contribution in [0.1, 0.15) is 10.5 Å². The second-order valence-corrected chi connectivity index (χ2v) is 5.61. The Morgan fingerprint density at radius 1 is 1.29 bits per heavy atom. The number of hydrogen-bond acceptors (Lipinski definition) is 5. The summed E-state index contributed by atoms with van der Waals surface area (Å²) in [6, 6.07) is 6.28. The highest BCUT2D eigenvalue weighted by atomic mass is 32.2. The van der Waals surface area contributed by atoms with E-state index in [-0.39, 0.29) is 16.3 Å². The number of amides is 1. The number of nitrogens with one attached hydrogen (secondary N) is 2. The molecule has 0 fully saturated rings. The number of benzene rings is 1. The Hall–Kier alpha value is -2.72. The van der Waals surface area contributed by atoms with Crippen LogP contribution in [0.4, 0.5) is 11.4 Å². The number of carbonyl (C=O) groups excluding carboxylic acids is 1. The standard InChI is InChI=1S/C11H10N4O5S/c12-21(19,20)9-3-1-7(2-4-9)14-11(16)10-5-8(6-13-10)15(17)18/h1-6,13H,(H,14,16)(H2,12,19,20). The van der Waals surface area contributed by atoms with Gasteiger partial charge in [0, 0.05) is 11.8 Å². The molecule has 0 saturated heterocycles. The number of nitro groups is 1. The molecule has 9 nitrogen and oxygen atoms in total. The third kappa shape index (κ3) is 3.43. The fraction of sp³-hybridized carbons (Fsp3) is 0. The van der Waals surface area contributed by atoms with Crippen LogP contribution < -0.4 is 10.5 Å². The summed E-state index contributed by atoms with van der Waals surface area (Å²) in [6.45, 7) is 0. The number of primary sulfonamides is 1. The topological polar surface area (TPSA) is 148 Å². The molecular weight excluding hydrogens is 300 g/mol. The number of aromatic nitrogens is 1. The molecule has 0 radical (unpaired) electrons. The van der Waals surface area contributed by atoms with Crippen molar-refractivity contribution in [3.63, 3.8) is 0 Å². The minimum Gasteiger partial charge on any atom is -0.351 e. The lowest BCUT2D eigenvalue weighted by molar-refractivity contribution is -0.384. The van der Waals surface area contributed by atoms with Crippen molar-refractivity contribution in [3.05, 3.63) is 52.3 Å². The SMILES string of the molecule is NS(=O)(=O)c1ccc(NC(=O)c2cc([N+](=O)[O-])c[nH]2)cc1. The molecule has 1 amide bonds. The molecule has 0 aliphatic heterocycles. The normalized spacial score (nSPS) is 11.1. The highest BCUT2D eigenvalue weighted by Gasteiger charge is 2.15. The Morgan fingerprint density at radius 2 is 1.90 bits per heavy atom. The summed E-state index contributed by atoms with van der Waals surface area (Å²) in [7, 11) is -3.80. The second-order valence-electron chi connectivity index (χ2n) is 4.05. The number of hydrogen-bond donors (Lipinski definition) is 3. The Morgan fingerprint density at radius 3 is 2.38 bits per heavy atom. The molecule has 0 aliphatic carbocycles. The molecule has 2 aromatic rings. The maximum absolute atomic E-state index is 11.8. The van der Waals surface area contributed by atoms with E-state index in [0.717, 1.165) is 12.3 Å². The molecule has 110 valence electrons. The van der Waals surface area contributed by atoms with E-state index in [1.54, 1.807) is 0 Å². The number of carbonyl (C=O) groups is 1. The molecule has 0 aliphatic rings. The summed E-state index contributed by atoms with van der Waals surface area (Å²) in [4.78, 5) is 24.1. The summed E-state index contributed by atoms with van der Waals surface area (Å²) in [6.07, 6.45) is 1.10. The molecule has 0 spiro atoms. The molecule has 2 rings (SSSR count). The van der Waals surface area contributed by atoms with E-state index in [2.05, 4.69) is 10.3 Å². The lowest BCUT2D eigenvalue weighted by Crippen LogP contribution is -2.14. The van der Waals surface area contributed by atoms with E-state index in [9.17, 15) is 23.3 Å². The van der Waals surface area contributed by atoms with Gasteiger partial charge >= 0.3 is 0 Å². The summed E-state index contributed by atoms with van der Waals surface area (Å²) in [5.41, 5.74) is 0.103. The molecule has 0 unspecified atom stereocenters. The maximum Gasteiger partial charge on any atom is 0.287 e. The van der Waals surface area contributed by atoms with Crippen LogP contribution in [0.5, 0.6) is 0 Å². The first kappa shape index (κ1) is 14.7. The lowest BCUT2D eigenvalue weighted by atomic mass is 10.3. The fourth-order valence-corrected chi connectivity index (χ4v) is 2.06. The minimum absolute atomic E-state index is 0.0113. The lowest BCUT2D eigenvalue weighted by Gasteiger charge is -2.04. The van der Waals surface area contributed by atoms with Crippen LogP contribution in [-0.2, 0) is 10.0 Å². The van der Waals surface area contributed by atoms with Crippen LogP contribution in [-0.4, -0.2) is 24.2 Å². The minimum atomic E-state index is -3.80. The van der Waals surface area contributed by atoms with Crippen molar-refractivity contribution < 1.29 is 18.1 Å². The van der Waals surface area contributed by atoms with E-state index in [1.807, 2.05) is 0 Å². The van der Waals surface area contributed by atoms with E-state index in [4.69, 9.17) is 5.14 Å². The number of H-pyrrole nitrogens is 1. The van der Waals surface area contributed by atoms with Gasteiger partial charge in [-0.05, 0) is 24.3 Å². The van der Waals surface area contributed by atoms with Crippen molar-refractivity contribution in [1.82, 2.24) is 4.98 Å². The van der Waals surface area contributed by atoms with E-state index >= 15 is 0 Å². The number of nitrogens with two attached hydrogens (primary N) is 1. The van der Waals surface area contributed by atoms with Gasteiger partial charge in [0.15, 0.2) is 0 Å². The largest absolute Gasteiger partial charge is 0.351 e. The van der Waals surface area contributed by atoms with Crippen molar-refractivity contribution in [2.24, 2.45) is 5.14 Å². The molecule has 21 heavy (non-hydrogen) atoms. The van der Waals surface area contributed by atoms with Crippen LogP contribution in [0, 0.1) is 10.1 Å². The van der Waals surface area contributed by atoms with Crippen LogP contribution >= 0.6 is 0 Å². The van der Waals surface area contributed by atoms with Crippen molar-refractivity contribution in [2.45, 2.75) is 4.90 Å². The van der Waals surface area contributed by atoms with Crippen molar-refractivity contribution >= 4 is 27.3 Å². The zero-order valence-corrected chi connectivity index (χ0v) is 11.3. The van der Waals surface area contributed by atoms with Gasteiger partial charge in [-0.2, -0.15) is 0 Å². The third-order valence-electron chi connectivity index (χ3n) is 2.56. The molecule has 4 N–H and O–H groups in total. The Bertz CT molecular complexity index is 794. The molecular formula is C11H10N4O5S. The quantitative estimate of drug-likeness (QED) is 0.564. The van der Waals surface area contributed by atoms with Gasteiger partial charge < -0.3 is 10.3 Å². The second kappa shape index (κ2) is 5.34. The van der Waals surface area contributed by atoms with Crippen LogP contribution in [0.25, 0.3) is 0 Å².